The first-order valence-electron chi connectivity index (χ1n) is 6.98. The predicted octanol–water partition coefficient (Wildman–Crippen LogP) is 2.94. The molecule has 2 nitrogen and oxygen atoms in total. The fourth-order valence-electron chi connectivity index (χ4n) is 3.04. The van der Waals surface area contributed by atoms with Crippen LogP contribution in [0.3, 0.4) is 0 Å². The zero-order valence-corrected chi connectivity index (χ0v) is 11.3. The molecule has 1 saturated carbocycles. The van der Waals surface area contributed by atoms with Gasteiger partial charge in [-0.3, -0.25) is 4.98 Å². The van der Waals surface area contributed by atoms with Crippen molar-refractivity contribution in [1.82, 2.24) is 10.3 Å². The molecule has 0 spiro atoms. The number of likely N-dealkylation sites (N-methyl/N-ethyl adjacent to an activating group) is 1. The van der Waals surface area contributed by atoms with Gasteiger partial charge in [-0.25, -0.2) is 0 Å². The van der Waals surface area contributed by atoms with Crippen molar-refractivity contribution in [1.29, 1.82) is 0 Å². The molecule has 0 amide bonds. The van der Waals surface area contributed by atoms with Crippen molar-refractivity contribution in [3.05, 3.63) is 66.0 Å². The molecule has 19 heavy (non-hydrogen) atoms. The van der Waals surface area contributed by atoms with Gasteiger partial charge in [0.15, 0.2) is 0 Å². The number of nitrogens with zero attached hydrogens (tertiary/aromatic N) is 1. The Balaban J connectivity index is 1.83. The molecule has 1 aliphatic rings. The van der Waals surface area contributed by atoms with Crippen LogP contribution in [0.2, 0.25) is 0 Å². The second-order valence-electron chi connectivity index (χ2n) is 5.39. The summed E-state index contributed by atoms with van der Waals surface area (Å²) in [7, 11) is 2.07. The molecular formula is C17H20N2. The fraction of sp³-hybridized carbons (Fsp3) is 0.353. The number of hydrogen-bond donors (Lipinski definition) is 1. The molecule has 0 aliphatic heterocycles. The Morgan fingerprint density at radius 1 is 1.11 bits per heavy atom. The monoisotopic (exact) mass is 252 g/mol. The van der Waals surface area contributed by atoms with E-state index in [9.17, 15) is 0 Å². The molecule has 1 aromatic heterocycles. The highest BCUT2D eigenvalue weighted by molar-refractivity contribution is 5.34. The molecular weight excluding hydrogens is 232 g/mol. The van der Waals surface area contributed by atoms with E-state index in [4.69, 9.17) is 0 Å². The van der Waals surface area contributed by atoms with Crippen LogP contribution < -0.4 is 5.32 Å². The van der Waals surface area contributed by atoms with Gasteiger partial charge < -0.3 is 5.32 Å². The van der Waals surface area contributed by atoms with E-state index in [0.717, 1.165) is 6.42 Å². The average Bonchev–Trinajstić information content (AvgIpc) is 3.28. The summed E-state index contributed by atoms with van der Waals surface area (Å²) < 4.78 is 0. The maximum atomic E-state index is 4.46. The van der Waals surface area contributed by atoms with E-state index < -0.39 is 0 Å². The number of rotatable bonds is 5. The zero-order chi connectivity index (χ0) is 13.1. The lowest BCUT2D eigenvalue weighted by Crippen LogP contribution is -2.39. The molecule has 3 rings (SSSR count). The number of benzene rings is 1. The molecule has 0 saturated heterocycles. The summed E-state index contributed by atoms with van der Waals surface area (Å²) in [6.07, 6.45) is 5.42. The quantitative estimate of drug-likeness (QED) is 0.885. The SMILES string of the molecule is CNC(Cc1ccccn1)C1(c2ccccc2)CC1. The second kappa shape index (κ2) is 5.14. The molecule has 0 bridgehead atoms. The highest BCUT2D eigenvalue weighted by Crippen LogP contribution is 2.51. The van der Waals surface area contributed by atoms with Crippen molar-refractivity contribution in [3.8, 4) is 0 Å². The van der Waals surface area contributed by atoms with Crippen molar-refractivity contribution >= 4 is 0 Å². The van der Waals surface area contributed by atoms with Gasteiger partial charge in [-0.2, -0.15) is 0 Å². The first-order chi connectivity index (χ1) is 9.35. The standard InChI is InChI=1S/C17H20N2/c1-18-16(13-15-9-5-6-12-19-15)17(10-11-17)14-7-3-2-4-8-14/h2-9,12,16,18H,10-11,13H2,1H3. The fourth-order valence-corrected chi connectivity index (χ4v) is 3.04. The van der Waals surface area contributed by atoms with Gasteiger partial charge in [0.25, 0.3) is 0 Å². The molecule has 1 atom stereocenters. The summed E-state index contributed by atoms with van der Waals surface area (Å²) in [6.45, 7) is 0. The Bertz CT molecular complexity index is 517. The minimum atomic E-state index is 0.313. The number of nitrogens with one attached hydrogen (secondary N) is 1. The highest BCUT2D eigenvalue weighted by atomic mass is 14.9. The Labute approximate surface area is 114 Å². The molecule has 2 heteroatoms. The Kier molecular flexibility index (Phi) is 3.34. The molecule has 1 heterocycles. The summed E-state index contributed by atoms with van der Waals surface area (Å²) in [5, 5.41) is 3.51. The van der Waals surface area contributed by atoms with Crippen LogP contribution in [-0.4, -0.2) is 18.1 Å². The van der Waals surface area contributed by atoms with Crippen molar-refractivity contribution in [2.24, 2.45) is 0 Å². The molecule has 0 radical (unpaired) electrons. The smallest absolute Gasteiger partial charge is 0.0419 e. The van der Waals surface area contributed by atoms with Gasteiger partial charge >= 0.3 is 0 Å². The van der Waals surface area contributed by atoms with Crippen LogP contribution in [0.25, 0.3) is 0 Å². The van der Waals surface area contributed by atoms with Crippen LogP contribution in [0.4, 0.5) is 0 Å². The molecule has 1 fully saturated rings. The van der Waals surface area contributed by atoms with E-state index in [1.54, 1.807) is 0 Å². The predicted molar refractivity (Wildman–Crippen MR) is 78.1 cm³/mol. The third kappa shape index (κ3) is 2.41. The molecule has 2 aromatic rings. The molecule has 1 aliphatic carbocycles. The first-order valence-corrected chi connectivity index (χ1v) is 6.98. The lowest BCUT2D eigenvalue weighted by molar-refractivity contribution is 0.439. The van der Waals surface area contributed by atoms with E-state index in [1.807, 2.05) is 12.3 Å². The van der Waals surface area contributed by atoms with Gasteiger partial charge in [-0.1, -0.05) is 36.4 Å². The summed E-state index contributed by atoms with van der Waals surface area (Å²) in [5.41, 5.74) is 2.95. The molecule has 1 aromatic carbocycles. The summed E-state index contributed by atoms with van der Waals surface area (Å²) >= 11 is 0. The van der Waals surface area contributed by atoms with Crippen LogP contribution in [0, 0.1) is 0 Å². The van der Waals surface area contributed by atoms with Gasteiger partial charge in [0.05, 0.1) is 0 Å². The zero-order valence-electron chi connectivity index (χ0n) is 11.3. The number of pyridine rings is 1. The third-order valence-electron chi connectivity index (χ3n) is 4.29. The minimum absolute atomic E-state index is 0.313. The van der Waals surface area contributed by atoms with E-state index in [0.29, 0.717) is 11.5 Å². The van der Waals surface area contributed by atoms with Gasteiger partial charge in [0, 0.05) is 29.8 Å². The number of hydrogen-bond acceptors (Lipinski definition) is 2. The van der Waals surface area contributed by atoms with Crippen LogP contribution >= 0.6 is 0 Å². The Morgan fingerprint density at radius 2 is 1.84 bits per heavy atom. The van der Waals surface area contributed by atoms with Crippen LogP contribution in [-0.2, 0) is 11.8 Å². The average molecular weight is 252 g/mol. The van der Waals surface area contributed by atoms with Crippen molar-refractivity contribution in [2.45, 2.75) is 30.7 Å². The maximum Gasteiger partial charge on any atom is 0.0419 e. The summed E-state index contributed by atoms with van der Waals surface area (Å²) in [5.74, 6) is 0. The van der Waals surface area contributed by atoms with Gasteiger partial charge in [0.2, 0.25) is 0 Å². The lowest BCUT2D eigenvalue weighted by atomic mass is 9.85. The van der Waals surface area contributed by atoms with Crippen molar-refractivity contribution < 1.29 is 0 Å². The van der Waals surface area contributed by atoms with Gasteiger partial charge in [0.1, 0.15) is 0 Å². The second-order valence-corrected chi connectivity index (χ2v) is 5.39. The molecule has 98 valence electrons. The van der Waals surface area contributed by atoms with Crippen molar-refractivity contribution in [2.75, 3.05) is 7.05 Å². The largest absolute Gasteiger partial charge is 0.316 e. The van der Waals surface area contributed by atoms with Crippen LogP contribution in [0.1, 0.15) is 24.1 Å². The van der Waals surface area contributed by atoms with Gasteiger partial charge in [-0.05, 0) is 37.6 Å². The van der Waals surface area contributed by atoms with E-state index in [2.05, 4.69) is 59.8 Å². The van der Waals surface area contributed by atoms with E-state index >= 15 is 0 Å². The topological polar surface area (TPSA) is 24.9 Å². The summed E-state index contributed by atoms with van der Waals surface area (Å²) in [4.78, 5) is 4.46. The first kappa shape index (κ1) is 12.4. The van der Waals surface area contributed by atoms with Crippen LogP contribution in [0.15, 0.2) is 54.7 Å². The summed E-state index contributed by atoms with van der Waals surface area (Å²) in [6, 6.07) is 17.5. The normalized spacial score (nSPS) is 17.9. The minimum Gasteiger partial charge on any atom is -0.316 e. The van der Waals surface area contributed by atoms with E-state index in [1.165, 1.54) is 24.1 Å². The third-order valence-corrected chi connectivity index (χ3v) is 4.29. The molecule has 1 unspecified atom stereocenters. The molecule has 1 N–H and O–H groups in total. The number of aromatic nitrogens is 1. The Hall–Kier alpha value is -1.67. The lowest BCUT2D eigenvalue weighted by Gasteiger charge is -2.27. The van der Waals surface area contributed by atoms with Crippen molar-refractivity contribution in [3.63, 3.8) is 0 Å². The van der Waals surface area contributed by atoms with Crippen LogP contribution in [0.5, 0.6) is 0 Å². The van der Waals surface area contributed by atoms with E-state index in [-0.39, 0.29) is 0 Å². The Morgan fingerprint density at radius 3 is 2.42 bits per heavy atom. The maximum absolute atomic E-state index is 4.46. The highest BCUT2D eigenvalue weighted by Gasteiger charge is 2.49. The van der Waals surface area contributed by atoms with Gasteiger partial charge in [-0.15, -0.1) is 0 Å².